The van der Waals surface area contributed by atoms with Crippen molar-refractivity contribution >= 4 is 0 Å². The zero-order valence-electron chi connectivity index (χ0n) is 8.87. The van der Waals surface area contributed by atoms with E-state index >= 15 is 0 Å². The van der Waals surface area contributed by atoms with E-state index < -0.39 is 0 Å². The Morgan fingerprint density at radius 1 is 1.07 bits per heavy atom. The Bertz CT molecular complexity index is 325. The number of ether oxygens (including phenoxy) is 2. The van der Waals surface area contributed by atoms with Crippen LogP contribution in [-0.2, 0) is 6.42 Å². The third kappa shape index (κ3) is 2.63. The van der Waals surface area contributed by atoms with Crippen molar-refractivity contribution in [3.8, 4) is 11.5 Å². The van der Waals surface area contributed by atoms with Crippen LogP contribution in [0.2, 0.25) is 0 Å². The van der Waals surface area contributed by atoms with Crippen molar-refractivity contribution in [3.05, 3.63) is 23.8 Å². The van der Waals surface area contributed by atoms with Crippen molar-refractivity contribution in [1.82, 2.24) is 0 Å². The summed E-state index contributed by atoms with van der Waals surface area (Å²) >= 11 is 0. The van der Waals surface area contributed by atoms with Crippen molar-refractivity contribution in [2.75, 3.05) is 13.3 Å². The number of benzene rings is 1. The van der Waals surface area contributed by atoms with Crippen LogP contribution in [-0.4, -0.2) is 13.3 Å². The quantitative estimate of drug-likeness (QED) is 0.752. The molecular weight excluding hydrogens is 190 g/mol. The highest BCUT2D eigenvalue weighted by molar-refractivity contribution is 5.44. The first-order valence-electron chi connectivity index (χ1n) is 5.49. The maximum atomic E-state index is 5.45. The molecule has 0 unspecified atom stereocenters. The van der Waals surface area contributed by atoms with Crippen LogP contribution >= 0.6 is 0 Å². The molecule has 3 nitrogen and oxygen atoms in total. The minimum absolute atomic E-state index is 0.353. The van der Waals surface area contributed by atoms with Gasteiger partial charge >= 0.3 is 0 Å². The number of unbranched alkanes of at least 4 members (excludes halogenated alkanes) is 2. The summed E-state index contributed by atoms with van der Waals surface area (Å²) < 4.78 is 10.6. The summed E-state index contributed by atoms with van der Waals surface area (Å²) in [5, 5.41) is 0. The number of aryl methyl sites for hydroxylation is 1. The standard InChI is InChI=1S/C12H17NO2/c13-7-3-1-2-4-10-5-6-11-12(8-10)15-9-14-11/h5-6,8H,1-4,7,9,13H2. The van der Waals surface area contributed by atoms with Crippen LogP contribution in [0.3, 0.4) is 0 Å². The van der Waals surface area contributed by atoms with Crippen LogP contribution in [0.4, 0.5) is 0 Å². The number of fused-ring (bicyclic) bond motifs is 1. The molecule has 1 aromatic carbocycles. The molecule has 1 aliphatic heterocycles. The second-order valence-corrected chi connectivity index (χ2v) is 3.79. The fourth-order valence-electron chi connectivity index (χ4n) is 1.75. The van der Waals surface area contributed by atoms with Crippen molar-refractivity contribution in [1.29, 1.82) is 0 Å². The van der Waals surface area contributed by atoms with E-state index in [0.29, 0.717) is 6.79 Å². The van der Waals surface area contributed by atoms with Gasteiger partial charge in [0.05, 0.1) is 0 Å². The van der Waals surface area contributed by atoms with Gasteiger partial charge < -0.3 is 15.2 Å². The Hall–Kier alpha value is -1.22. The van der Waals surface area contributed by atoms with Gasteiger partial charge in [0, 0.05) is 0 Å². The summed E-state index contributed by atoms with van der Waals surface area (Å²) in [6.07, 6.45) is 4.60. The Kier molecular flexibility index (Phi) is 3.45. The molecule has 3 heteroatoms. The van der Waals surface area contributed by atoms with Crippen molar-refractivity contribution in [2.24, 2.45) is 5.73 Å². The summed E-state index contributed by atoms with van der Waals surface area (Å²) in [7, 11) is 0. The molecular formula is C12H17NO2. The van der Waals surface area contributed by atoms with Gasteiger partial charge in [-0.1, -0.05) is 12.5 Å². The lowest BCUT2D eigenvalue weighted by molar-refractivity contribution is 0.174. The smallest absolute Gasteiger partial charge is 0.231 e. The van der Waals surface area contributed by atoms with Crippen LogP contribution in [0.25, 0.3) is 0 Å². The molecule has 0 bridgehead atoms. The normalized spacial score (nSPS) is 13.1. The zero-order chi connectivity index (χ0) is 10.5. The van der Waals surface area contributed by atoms with Crippen LogP contribution < -0.4 is 15.2 Å². The molecule has 1 aromatic rings. The van der Waals surface area contributed by atoms with Gasteiger partial charge in [-0.05, 0) is 43.5 Å². The summed E-state index contributed by atoms with van der Waals surface area (Å²) in [4.78, 5) is 0. The minimum atomic E-state index is 0.353. The maximum absolute atomic E-state index is 5.45. The molecule has 0 saturated heterocycles. The van der Waals surface area contributed by atoms with Crippen LogP contribution in [0.5, 0.6) is 11.5 Å². The second-order valence-electron chi connectivity index (χ2n) is 3.79. The van der Waals surface area contributed by atoms with Gasteiger partial charge in [0.15, 0.2) is 11.5 Å². The average molecular weight is 207 g/mol. The molecule has 0 saturated carbocycles. The van der Waals surface area contributed by atoms with Crippen molar-refractivity contribution < 1.29 is 9.47 Å². The summed E-state index contributed by atoms with van der Waals surface area (Å²) in [6.45, 7) is 1.15. The van der Waals surface area contributed by atoms with Gasteiger partial charge in [-0.3, -0.25) is 0 Å². The first-order chi connectivity index (χ1) is 7.40. The highest BCUT2D eigenvalue weighted by atomic mass is 16.7. The molecule has 0 fully saturated rings. The van der Waals surface area contributed by atoms with Crippen molar-refractivity contribution in [2.45, 2.75) is 25.7 Å². The molecule has 2 N–H and O–H groups in total. The summed E-state index contributed by atoms with van der Waals surface area (Å²) in [5.74, 6) is 1.74. The molecule has 1 aliphatic rings. The number of nitrogens with two attached hydrogens (primary N) is 1. The van der Waals surface area contributed by atoms with Gasteiger partial charge in [0.25, 0.3) is 0 Å². The van der Waals surface area contributed by atoms with E-state index in [0.717, 1.165) is 30.9 Å². The molecule has 0 spiro atoms. The summed E-state index contributed by atoms with van der Waals surface area (Å²) in [6, 6.07) is 6.17. The molecule has 0 aliphatic carbocycles. The first kappa shape index (κ1) is 10.3. The molecule has 1 heterocycles. The monoisotopic (exact) mass is 207 g/mol. The lowest BCUT2D eigenvalue weighted by Gasteiger charge is -2.02. The lowest BCUT2D eigenvalue weighted by atomic mass is 10.1. The molecule has 0 aromatic heterocycles. The predicted octanol–water partition coefficient (Wildman–Crippen LogP) is 2.09. The highest BCUT2D eigenvalue weighted by Gasteiger charge is 2.12. The Morgan fingerprint density at radius 3 is 2.80 bits per heavy atom. The molecule has 0 amide bonds. The Balaban J connectivity index is 1.87. The largest absolute Gasteiger partial charge is 0.454 e. The summed E-state index contributed by atoms with van der Waals surface area (Å²) in [5.41, 5.74) is 6.76. The number of hydrogen-bond acceptors (Lipinski definition) is 3. The first-order valence-corrected chi connectivity index (χ1v) is 5.49. The van der Waals surface area contributed by atoms with E-state index in [4.69, 9.17) is 15.2 Å². The molecule has 15 heavy (non-hydrogen) atoms. The molecule has 82 valence electrons. The molecule has 2 rings (SSSR count). The SMILES string of the molecule is NCCCCCc1ccc2c(c1)OCO2. The molecule has 0 radical (unpaired) electrons. The fraction of sp³-hybridized carbons (Fsp3) is 0.500. The van der Waals surface area contributed by atoms with Gasteiger partial charge in [0.2, 0.25) is 6.79 Å². The van der Waals surface area contributed by atoms with Gasteiger partial charge in [-0.15, -0.1) is 0 Å². The highest BCUT2D eigenvalue weighted by Crippen LogP contribution is 2.32. The topological polar surface area (TPSA) is 44.5 Å². The van der Waals surface area contributed by atoms with E-state index in [-0.39, 0.29) is 0 Å². The Labute approximate surface area is 90.2 Å². The van der Waals surface area contributed by atoms with Crippen LogP contribution in [0, 0.1) is 0 Å². The average Bonchev–Trinajstić information content (AvgIpc) is 2.71. The zero-order valence-corrected chi connectivity index (χ0v) is 8.87. The fourth-order valence-corrected chi connectivity index (χ4v) is 1.75. The second kappa shape index (κ2) is 5.03. The van der Waals surface area contributed by atoms with Crippen LogP contribution in [0.1, 0.15) is 24.8 Å². The van der Waals surface area contributed by atoms with Crippen molar-refractivity contribution in [3.63, 3.8) is 0 Å². The van der Waals surface area contributed by atoms with E-state index in [2.05, 4.69) is 12.1 Å². The van der Waals surface area contributed by atoms with Gasteiger partial charge in [-0.25, -0.2) is 0 Å². The third-order valence-electron chi connectivity index (χ3n) is 2.61. The predicted molar refractivity (Wildman–Crippen MR) is 59.2 cm³/mol. The van der Waals surface area contributed by atoms with Gasteiger partial charge in [0.1, 0.15) is 0 Å². The minimum Gasteiger partial charge on any atom is -0.454 e. The number of hydrogen-bond donors (Lipinski definition) is 1. The third-order valence-corrected chi connectivity index (χ3v) is 2.61. The van der Waals surface area contributed by atoms with E-state index in [1.807, 2.05) is 6.07 Å². The van der Waals surface area contributed by atoms with E-state index in [9.17, 15) is 0 Å². The Morgan fingerprint density at radius 2 is 1.93 bits per heavy atom. The number of rotatable bonds is 5. The van der Waals surface area contributed by atoms with E-state index in [1.54, 1.807) is 0 Å². The van der Waals surface area contributed by atoms with Crippen LogP contribution in [0.15, 0.2) is 18.2 Å². The van der Waals surface area contributed by atoms with E-state index in [1.165, 1.54) is 18.4 Å². The lowest BCUT2D eigenvalue weighted by Crippen LogP contribution is -1.98. The van der Waals surface area contributed by atoms with Gasteiger partial charge in [-0.2, -0.15) is 0 Å². The maximum Gasteiger partial charge on any atom is 0.231 e. The molecule has 0 atom stereocenters.